The van der Waals surface area contributed by atoms with Crippen molar-refractivity contribution in [1.29, 1.82) is 10.5 Å². The molecule has 1 unspecified atom stereocenters. The Bertz CT molecular complexity index is 1770. The van der Waals surface area contributed by atoms with Crippen LogP contribution in [0.4, 0.5) is 17.5 Å². The van der Waals surface area contributed by atoms with E-state index in [1.54, 1.807) is 13.0 Å². The monoisotopic (exact) mass is 584 g/mol. The minimum atomic E-state index is -3.93. The van der Waals surface area contributed by atoms with Crippen LogP contribution in [0.15, 0.2) is 76.9 Å². The first-order valence-corrected chi connectivity index (χ1v) is 14.6. The first kappa shape index (κ1) is 29.0. The van der Waals surface area contributed by atoms with Crippen molar-refractivity contribution in [3.05, 3.63) is 83.7 Å². The van der Waals surface area contributed by atoms with Crippen molar-refractivity contribution in [2.45, 2.75) is 35.4 Å². The number of hydrogen-bond acceptors (Lipinski definition) is 10. The fraction of sp³-hybridized carbons (Fsp3) is 0.143. The zero-order chi connectivity index (χ0) is 29.6. The fourth-order valence-corrected chi connectivity index (χ4v) is 5.67. The quantitative estimate of drug-likeness (QED) is 0.239. The van der Waals surface area contributed by atoms with Crippen molar-refractivity contribution in [3.8, 4) is 23.3 Å². The van der Waals surface area contributed by atoms with Gasteiger partial charge in [0, 0.05) is 23.6 Å². The minimum absolute atomic E-state index is 0.0394. The Morgan fingerprint density at radius 1 is 1.02 bits per heavy atom. The van der Waals surface area contributed by atoms with Gasteiger partial charge in [0.2, 0.25) is 11.9 Å². The Morgan fingerprint density at radius 3 is 2.24 bits per heavy atom. The average molecular weight is 585 g/mol. The van der Waals surface area contributed by atoms with Gasteiger partial charge in [0.15, 0.2) is 0 Å². The molecular formula is C28H24N8O3S2. The molecule has 0 bridgehead atoms. The molecule has 0 saturated heterocycles. The third kappa shape index (κ3) is 6.61. The molecule has 1 atom stereocenters. The number of nitrogens with one attached hydrogen (secondary N) is 2. The lowest BCUT2D eigenvalue weighted by Gasteiger charge is -2.16. The van der Waals surface area contributed by atoms with Gasteiger partial charge in [-0.05, 0) is 54.8 Å². The molecule has 13 heteroatoms. The highest BCUT2D eigenvalue weighted by molar-refractivity contribution is 8.00. The number of amides is 1. The van der Waals surface area contributed by atoms with E-state index >= 15 is 0 Å². The number of carbonyl (C=O) groups excluding carboxylic acids is 1. The molecule has 206 valence electrons. The van der Waals surface area contributed by atoms with Crippen LogP contribution in [0.25, 0.3) is 11.1 Å². The number of anilines is 3. The van der Waals surface area contributed by atoms with Gasteiger partial charge in [-0.3, -0.25) is 4.79 Å². The molecule has 0 aliphatic rings. The van der Waals surface area contributed by atoms with Gasteiger partial charge in [0.1, 0.15) is 28.5 Å². The molecule has 4 aromatic rings. The van der Waals surface area contributed by atoms with Crippen LogP contribution in [-0.2, 0) is 21.2 Å². The maximum atomic E-state index is 13.0. The van der Waals surface area contributed by atoms with E-state index in [0.29, 0.717) is 16.8 Å². The Labute approximate surface area is 241 Å². The predicted molar refractivity (Wildman–Crippen MR) is 156 cm³/mol. The number of nitrogens with two attached hydrogens (primary N) is 1. The van der Waals surface area contributed by atoms with Crippen molar-refractivity contribution in [3.63, 3.8) is 0 Å². The van der Waals surface area contributed by atoms with Gasteiger partial charge in [-0.15, -0.1) is 0 Å². The molecule has 0 fully saturated rings. The van der Waals surface area contributed by atoms with Crippen LogP contribution in [0.2, 0.25) is 0 Å². The molecule has 0 aliphatic carbocycles. The van der Waals surface area contributed by atoms with Gasteiger partial charge < -0.3 is 11.1 Å². The molecule has 2 heterocycles. The van der Waals surface area contributed by atoms with Crippen LogP contribution >= 0.6 is 11.8 Å². The second-order valence-corrected chi connectivity index (χ2v) is 11.7. The number of aromatic nitrogens is 3. The highest BCUT2D eigenvalue weighted by Crippen LogP contribution is 2.37. The summed E-state index contributed by atoms with van der Waals surface area (Å²) in [6, 6.07) is 18.8. The number of benzene rings is 2. The summed E-state index contributed by atoms with van der Waals surface area (Å²) in [5.74, 6) is -0.517. The lowest BCUT2D eigenvalue weighted by molar-refractivity contribution is -0.115. The summed E-state index contributed by atoms with van der Waals surface area (Å²) in [6.07, 6.45) is 3.66. The maximum absolute atomic E-state index is 13.0. The zero-order valence-corrected chi connectivity index (χ0v) is 23.6. The molecule has 2 aromatic heterocycles. The van der Waals surface area contributed by atoms with Crippen LogP contribution in [0.3, 0.4) is 0 Å². The summed E-state index contributed by atoms with van der Waals surface area (Å²) >= 11 is 1.03. The molecule has 2 aromatic carbocycles. The van der Waals surface area contributed by atoms with Gasteiger partial charge in [-0.25, -0.2) is 28.1 Å². The van der Waals surface area contributed by atoms with Gasteiger partial charge in [-0.2, -0.15) is 10.5 Å². The van der Waals surface area contributed by atoms with Crippen LogP contribution in [0.1, 0.15) is 30.5 Å². The number of carbonyl (C=O) groups is 1. The third-order valence-electron chi connectivity index (χ3n) is 5.95. The molecule has 0 radical (unpaired) electrons. The van der Waals surface area contributed by atoms with Crippen LogP contribution in [-0.4, -0.2) is 34.5 Å². The van der Waals surface area contributed by atoms with Crippen molar-refractivity contribution in [2.24, 2.45) is 0 Å². The largest absolute Gasteiger partial charge is 0.383 e. The summed E-state index contributed by atoms with van der Waals surface area (Å²) in [6.45, 7) is 3.66. The zero-order valence-electron chi connectivity index (χ0n) is 22.0. The summed E-state index contributed by atoms with van der Waals surface area (Å²) in [7, 11) is -3.93. The molecule has 4 N–H and O–H groups in total. The molecule has 1 amide bonds. The highest BCUT2D eigenvalue weighted by Gasteiger charge is 2.24. The van der Waals surface area contributed by atoms with Crippen molar-refractivity contribution < 1.29 is 13.2 Å². The SMILES string of the molecule is CCc1ccc(-c2c(C#N)c(N)nc(SC(C)C(=O)Nc3ccc(S(=O)(=O)Nc4ncccn4)cc3)c2C#N)cc1. The molecule has 4 rings (SSSR count). The third-order valence-corrected chi connectivity index (χ3v) is 8.38. The Morgan fingerprint density at radius 2 is 1.66 bits per heavy atom. The molecule has 41 heavy (non-hydrogen) atoms. The molecule has 0 saturated carbocycles. The standard InChI is InChI=1S/C28H24N8O3S2/c1-3-18-5-7-19(8-6-18)24-22(15-29)25(31)35-27(23(24)16-30)40-17(2)26(37)34-20-9-11-21(12-10-20)41(38,39)36-28-32-13-4-14-33-28/h4-14,17H,3H2,1-2H3,(H2,31,35)(H,34,37)(H,32,33,36). The number of nitriles is 2. The van der Waals surface area contributed by atoms with E-state index < -0.39 is 21.2 Å². The number of nitrogen functional groups attached to an aromatic ring is 1. The molecule has 11 nitrogen and oxygen atoms in total. The second-order valence-electron chi connectivity index (χ2n) is 8.65. The number of pyridine rings is 1. The van der Waals surface area contributed by atoms with Gasteiger partial charge >= 0.3 is 0 Å². The maximum Gasteiger partial charge on any atom is 0.264 e. The minimum Gasteiger partial charge on any atom is -0.383 e. The van der Waals surface area contributed by atoms with E-state index in [0.717, 1.165) is 23.7 Å². The lowest BCUT2D eigenvalue weighted by atomic mass is 9.96. The van der Waals surface area contributed by atoms with E-state index in [9.17, 15) is 23.7 Å². The first-order chi connectivity index (χ1) is 19.7. The Balaban J connectivity index is 1.53. The number of hydrogen-bond donors (Lipinski definition) is 3. The van der Waals surface area contributed by atoms with Gasteiger partial charge in [-0.1, -0.05) is 43.0 Å². The van der Waals surface area contributed by atoms with Gasteiger partial charge in [0.25, 0.3) is 10.0 Å². The number of rotatable bonds is 9. The Kier molecular flexibility index (Phi) is 8.82. The van der Waals surface area contributed by atoms with E-state index in [4.69, 9.17) is 5.73 Å². The number of sulfonamides is 1. The van der Waals surface area contributed by atoms with Gasteiger partial charge in [0.05, 0.1) is 15.7 Å². The van der Waals surface area contributed by atoms with Crippen molar-refractivity contribution >= 4 is 45.1 Å². The smallest absolute Gasteiger partial charge is 0.264 e. The summed E-state index contributed by atoms with van der Waals surface area (Å²) in [4.78, 5) is 24.9. The van der Waals surface area contributed by atoms with E-state index in [1.165, 1.54) is 36.7 Å². The normalized spacial score (nSPS) is 11.6. The van der Waals surface area contributed by atoms with Crippen LogP contribution in [0, 0.1) is 22.7 Å². The number of thioether (sulfide) groups is 1. The number of aryl methyl sites for hydroxylation is 1. The summed E-state index contributed by atoms with van der Waals surface area (Å²) < 4.78 is 27.5. The molecular weight excluding hydrogens is 560 g/mol. The first-order valence-electron chi connectivity index (χ1n) is 12.3. The second kappa shape index (κ2) is 12.5. The fourth-order valence-electron chi connectivity index (χ4n) is 3.79. The topological polar surface area (TPSA) is 188 Å². The van der Waals surface area contributed by atoms with Crippen LogP contribution in [0.5, 0.6) is 0 Å². The van der Waals surface area contributed by atoms with Crippen molar-refractivity contribution in [2.75, 3.05) is 15.8 Å². The van der Waals surface area contributed by atoms with E-state index in [-0.39, 0.29) is 32.8 Å². The summed E-state index contributed by atoms with van der Waals surface area (Å²) in [5.41, 5.74) is 8.82. The predicted octanol–water partition coefficient (Wildman–Crippen LogP) is 4.35. The lowest BCUT2D eigenvalue weighted by Crippen LogP contribution is -2.23. The highest BCUT2D eigenvalue weighted by atomic mass is 32.2. The van der Waals surface area contributed by atoms with E-state index in [2.05, 4.69) is 31.1 Å². The van der Waals surface area contributed by atoms with Crippen LogP contribution < -0.4 is 15.8 Å². The summed E-state index contributed by atoms with van der Waals surface area (Å²) in [5, 5.41) is 22.0. The Hall–Kier alpha value is -4.98. The van der Waals surface area contributed by atoms with E-state index in [1.807, 2.05) is 37.3 Å². The van der Waals surface area contributed by atoms with Crippen molar-refractivity contribution in [1.82, 2.24) is 15.0 Å². The molecule has 0 aliphatic heterocycles. The average Bonchev–Trinajstić information content (AvgIpc) is 2.97. The molecule has 0 spiro atoms. The number of nitrogens with zero attached hydrogens (tertiary/aromatic N) is 5.